The average Bonchev–Trinajstić information content (AvgIpc) is 2.69. The Morgan fingerprint density at radius 3 is 2.58 bits per heavy atom. The zero-order valence-electron chi connectivity index (χ0n) is 14.9. The van der Waals surface area contributed by atoms with E-state index in [0.717, 1.165) is 32.8 Å². The molecular formula is C17H26N6O3. The number of anilines is 1. The van der Waals surface area contributed by atoms with Crippen molar-refractivity contribution in [3.8, 4) is 0 Å². The van der Waals surface area contributed by atoms with Crippen molar-refractivity contribution in [3.63, 3.8) is 0 Å². The van der Waals surface area contributed by atoms with Gasteiger partial charge in [0, 0.05) is 58.6 Å². The van der Waals surface area contributed by atoms with Crippen molar-refractivity contribution in [1.82, 2.24) is 20.1 Å². The SMILES string of the molecule is NC(=O)c1cccnc1N1CCN(C(=O)NCCN2CCOCC2)CC1. The summed E-state index contributed by atoms with van der Waals surface area (Å²) in [4.78, 5) is 34.2. The molecule has 2 aliphatic rings. The van der Waals surface area contributed by atoms with Gasteiger partial charge < -0.3 is 25.6 Å². The molecule has 0 saturated carbocycles. The van der Waals surface area contributed by atoms with Crippen LogP contribution in [0, 0.1) is 0 Å². The number of hydrogen-bond acceptors (Lipinski definition) is 6. The molecule has 0 unspecified atom stereocenters. The highest BCUT2D eigenvalue weighted by atomic mass is 16.5. The third-order valence-electron chi connectivity index (χ3n) is 4.73. The normalized spacial score (nSPS) is 18.6. The number of morpholine rings is 1. The molecule has 142 valence electrons. The summed E-state index contributed by atoms with van der Waals surface area (Å²) in [6.07, 6.45) is 1.65. The Labute approximate surface area is 153 Å². The number of carbonyl (C=O) groups is 2. The van der Waals surface area contributed by atoms with Gasteiger partial charge in [-0.05, 0) is 12.1 Å². The molecule has 0 bridgehead atoms. The molecule has 1 aromatic rings. The summed E-state index contributed by atoms with van der Waals surface area (Å²) in [6, 6.07) is 3.32. The minimum atomic E-state index is -0.489. The topological polar surface area (TPSA) is 104 Å². The predicted octanol–water partition coefficient (Wildman–Crippen LogP) is -0.656. The lowest BCUT2D eigenvalue weighted by Crippen LogP contribution is -2.53. The number of hydrogen-bond donors (Lipinski definition) is 2. The fraction of sp³-hybridized carbons (Fsp3) is 0.588. The zero-order valence-corrected chi connectivity index (χ0v) is 14.9. The Morgan fingerprint density at radius 1 is 1.15 bits per heavy atom. The molecule has 3 amide bonds. The molecule has 2 fully saturated rings. The molecule has 2 saturated heterocycles. The van der Waals surface area contributed by atoms with Crippen LogP contribution in [0.1, 0.15) is 10.4 Å². The van der Waals surface area contributed by atoms with Gasteiger partial charge >= 0.3 is 6.03 Å². The molecule has 26 heavy (non-hydrogen) atoms. The first-order valence-corrected chi connectivity index (χ1v) is 8.98. The smallest absolute Gasteiger partial charge is 0.317 e. The number of ether oxygens (including phenoxy) is 1. The quantitative estimate of drug-likeness (QED) is 0.721. The maximum Gasteiger partial charge on any atom is 0.317 e. The van der Waals surface area contributed by atoms with E-state index in [1.165, 1.54) is 0 Å². The summed E-state index contributed by atoms with van der Waals surface area (Å²) < 4.78 is 5.32. The number of carbonyl (C=O) groups excluding carboxylic acids is 2. The van der Waals surface area contributed by atoms with E-state index in [9.17, 15) is 9.59 Å². The van der Waals surface area contributed by atoms with Gasteiger partial charge in [-0.25, -0.2) is 9.78 Å². The number of nitrogens with zero attached hydrogens (tertiary/aromatic N) is 4. The maximum atomic E-state index is 12.3. The second-order valence-electron chi connectivity index (χ2n) is 6.40. The van der Waals surface area contributed by atoms with Crippen LogP contribution in [0.4, 0.5) is 10.6 Å². The van der Waals surface area contributed by atoms with Crippen molar-refractivity contribution >= 4 is 17.8 Å². The van der Waals surface area contributed by atoms with Crippen LogP contribution in [-0.4, -0.2) is 92.3 Å². The lowest BCUT2D eigenvalue weighted by atomic mass is 10.2. The van der Waals surface area contributed by atoms with E-state index in [0.29, 0.717) is 44.1 Å². The summed E-state index contributed by atoms with van der Waals surface area (Å²) in [5.74, 6) is 0.101. The lowest BCUT2D eigenvalue weighted by molar-refractivity contribution is 0.0386. The van der Waals surface area contributed by atoms with Crippen molar-refractivity contribution in [2.75, 3.05) is 70.5 Å². The summed E-state index contributed by atoms with van der Waals surface area (Å²) in [6.45, 7) is 7.23. The van der Waals surface area contributed by atoms with E-state index in [1.54, 1.807) is 23.2 Å². The summed E-state index contributed by atoms with van der Waals surface area (Å²) in [5.41, 5.74) is 5.83. The largest absolute Gasteiger partial charge is 0.379 e. The number of aromatic nitrogens is 1. The lowest BCUT2D eigenvalue weighted by Gasteiger charge is -2.36. The number of nitrogens with two attached hydrogens (primary N) is 1. The van der Waals surface area contributed by atoms with Crippen LogP contribution in [0.2, 0.25) is 0 Å². The van der Waals surface area contributed by atoms with Crippen molar-refractivity contribution in [2.24, 2.45) is 5.73 Å². The van der Waals surface area contributed by atoms with E-state index in [-0.39, 0.29) is 6.03 Å². The van der Waals surface area contributed by atoms with Crippen LogP contribution in [0.25, 0.3) is 0 Å². The minimum Gasteiger partial charge on any atom is -0.379 e. The van der Waals surface area contributed by atoms with Crippen LogP contribution < -0.4 is 16.0 Å². The first-order chi connectivity index (χ1) is 12.6. The van der Waals surface area contributed by atoms with Gasteiger partial charge in [-0.1, -0.05) is 0 Å². The Morgan fingerprint density at radius 2 is 1.88 bits per heavy atom. The van der Waals surface area contributed by atoms with Crippen LogP contribution in [0.3, 0.4) is 0 Å². The number of nitrogens with one attached hydrogen (secondary N) is 1. The number of urea groups is 1. The van der Waals surface area contributed by atoms with Crippen molar-refractivity contribution < 1.29 is 14.3 Å². The molecule has 3 heterocycles. The van der Waals surface area contributed by atoms with Gasteiger partial charge in [0.15, 0.2) is 0 Å². The standard InChI is InChI=1S/C17H26N6O3/c18-15(24)14-2-1-3-19-16(14)22-6-8-23(9-7-22)17(25)20-4-5-21-10-12-26-13-11-21/h1-3H,4-13H2,(H2,18,24)(H,20,25). The average molecular weight is 362 g/mol. The first kappa shape index (κ1) is 18.4. The van der Waals surface area contributed by atoms with Crippen LogP contribution in [-0.2, 0) is 4.74 Å². The predicted molar refractivity (Wildman–Crippen MR) is 97.2 cm³/mol. The van der Waals surface area contributed by atoms with Crippen LogP contribution in [0.15, 0.2) is 18.3 Å². The van der Waals surface area contributed by atoms with Crippen molar-refractivity contribution in [2.45, 2.75) is 0 Å². The number of rotatable bonds is 5. The molecule has 9 heteroatoms. The summed E-state index contributed by atoms with van der Waals surface area (Å²) in [7, 11) is 0. The third kappa shape index (κ3) is 4.61. The second kappa shape index (κ2) is 8.81. The third-order valence-corrected chi connectivity index (χ3v) is 4.73. The number of pyridine rings is 1. The molecule has 3 rings (SSSR count). The number of amides is 3. The second-order valence-corrected chi connectivity index (χ2v) is 6.40. The van der Waals surface area contributed by atoms with Crippen molar-refractivity contribution in [3.05, 3.63) is 23.9 Å². The fourth-order valence-electron chi connectivity index (χ4n) is 3.22. The molecule has 0 radical (unpaired) electrons. The molecule has 2 aliphatic heterocycles. The van der Waals surface area contributed by atoms with E-state index in [2.05, 4.69) is 15.2 Å². The summed E-state index contributed by atoms with van der Waals surface area (Å²) >= 11 is 0. The van der Waals surface area contributed by atoms with E-state index in [4.69, 9.17) is 10.5 Å². The number of primary amides is 1. The molecule has 9 nitrogen and oxygen atoms in total. The fourth-order valence-corrected chi connectivity index (χ4v) is 3.22. The first-order valence-electron chi connectivity index (χ1n) is 8.98. The van der Waals surface area contributed by atoms with E-state index < -0.39 is 5.91 Å². The molecule has 0 aromatic carbocycles. The highest BCUT2D eigenvalue weighted by Crippen LogP contribution is 2.18. The Kier molecular flexibility index (Phi) is 6.24. The monoisotopic (exact) mass is 362 g/mol. The number of piperazine rings is 1. The van der Waals surface area contributed by atoms with Crippen LogP contribution >= 0.6 is 0 Å². The highest BCUT2D eigenvalue weighted by molar-refractivity contribution is 5.97. The Balaban J connectivity index is 1.44. The van der Waals surface area contributed by atoms with Crippen LogP contribution in [0.5, 0.6) is 0 Å². The van der Waals surface area contributed by atoms with Gasteiger partial charge in [-0.2, -0.15) is 0 Å². The van der Waals surface area contributed by atoms with Gasteiger partial charge in [0.25, 0.3) is 5.91 Å². The van der Waals surface area contributed by atoms with E-state index in [1.807, 2.05) is 4.90 Å². The van der Waals surface area contributed by atoms with Gasteiger partial charge in [0.05, 0.1) is 18.8 Å². The molecule has 0 atom stereocenters. The molecule has 0 aliphatic carbocycles. The minimum absolute atomic E-state index is 0.0472. The molecule has 0 spiro atoms. The van der Waals surface area contributed by atoms with Gasteiger partial charge in [-0.3, -0.25) is 9.69 Å². The Hall–Kier alpha value is -2.39. The Bertz CT molecular complexity index is 627. The summed E-state index contributed by atoms with van der Waals surface area (Å²) in [5, 5.41) is 2.98. The van der Waals surface area contributed by atoms with Gasteiger partial charge in [-0.15, -0.1) is 0 Å². The van der Waals surface area contributed by atoms with Gasteiger partial charge in [0.2, 0.25) is 0 Å². The maximum absolute atomic E-state index is 12.3. The molecule has 3 N–H and O–H groups in total. The van der Waals surface area contributed by atoms with Gasteiger partial charge in [0.1, 0.15) is 5.82 Å². The zero-order chi connectivity index (χ0) is 18.4. The van der Waals surface area contributed by atoms with Crippen molar-refractivity contribution in [1.29, 1.82) is 0 Å². The molecule has 1 aromatic heterocycles. The highest BCUT2D eigenvalue weighted by Gasteiger charge is 2.24. The molecular weight excluding hydrogens is 336 g/mol. The van der Waals surface area contributed by atoms with E-state index >= 15 is 0 Å².